The van der Waals surface area contributed by atoms with Crippen LogP contribution < -0.4 is 5.32 Å². The molecule has 3 heteroatoms. The fourth-order valence-corrected chi connectivity index (χ4v) is 0.947. The summed E-state index contributed by atoms with van der Waals surface area (Å²) in [6.45, 7) is 2.36. The van der Waals surface area contributed by atoms with E-state index in [9.17, 15) is 9.59 Å². The zero-order valence-corrected chi connectivity index (χ0v) is 5.31. The Morgan fingerprint density at radius 2 is 2.44 bits per heavy atom. The van der Waals surface area contributed by atoms with Crippen LogP contribution in [-0.4, -0.2) is 24.7 Å². The van der Waals surface area contributed by atoms with Crippen molar-refractivity contribution in [2.75, 3.05) is 13.1 Å². The van der Waals surface area contributed by atoms with E-state index in [4.69, 9.17) is 0 Å². The number of carbonyl (C=O) groups is 2. The Balaban J connectivity index is 2.60. The van der Waals surface area contributed by atoms with E-state index < -0.39 is 0 Å². The van der Waals surface area contributed by atoms with Crippen LogP contribution in [0.3, 0.4) is 0 Å². The fourth-order valence-electron chi connectivity index (χ4n) is 0.947. The number of hydrogen-bond donors (Lipinski definition) is 1. The summed E-state index contributed by atoms with van der Waals surface area (Å²) >= 11 is 0. The highest BCUT2D eigenvalue weighted by Crippen LogP contribution is 2.03. The van der Waals surface area contributed by atoms with Crippen LogP contribution in [0.15, 0.2) is 0 Å². The molecule has 0 amide bonds. The molecule has 0 aromatic carbocycles. The molecule has 0 radical (unpaired) electrons. The molecule has 0 aliphatic carbocycles. The summed E-state index contributed by atoms with van der Waals surface area (Å²) in [6.07, 6.45) is 0. The average molecular weight is 127 g/mol. The number of hydrogen-bond acceptors (Lipinski definition) is 3. The van der Waals surface area contributed by atoms with Gasteiger partial charge in [-0.25, -0.2) is 0 Å². The maximum atomic E-state index is 10.7. The molecule has 9 heavy (non-hydrogen) atoms. The van der Waals surface area contributed by atoms with Gasteiger partial charge in [0.25, 0.3) is 0 Å². The molecular formula is C6H9NO2. The Hall–Kier alpha value is -0.700. The van der Waals surface area contributed by atoms with Crippen LogP contribution in [0.1, 0.15) is 6.92 Å². The molecule has 1 N–H and O–H groups in total. The minimum atomic E-state index is -0.356. The lowest BCUT2D eigenvalue weighted by Gasteiger charge is -1.97. The summed E-state index contributed by atoms with van der Waals surface area (Å²) in [6, 6.07) is 0. The predicted octanol–water partition coefficient (Wildman–Crippen LogP) is -0.636. The normalized spacial score (nSPS) is 26.8. The molecule has 1 aliphatic rings. The van der Waals surface area contributed by atoms with Crippen molar-refractivity contribution in [2.45, 2.75) is 6.92 Å². The third-order valence-corrected chi connectivity index (χ3v) is 1.53. The second kappa shape index (κ2) is 2.27. The Labute approximate surface area is 53.4 Å². The first-order valence-electron chi connectivity index (χ1n) is 2.95. The molecule has 1 saturated heterocycles. The van der Waals surface area contributed by atoms with E-state index in [0.29, 0.717) is 13.1 Å². The summed E-state index contributed by atoms with van der Waals surface area (Å²) in [5.41, 5.74) is 0. The van der Waals surface area contributed by atoms with Gasteiger partial charge in [0.1, 0.15) is 5.78 Å². The highest BCUT2D eigenvalue weighted by atomic mass is 16.2. The summed E-state index contributed by atoms with van der Waals surface area (Å²) < 4.78 is 0. The van der Waals surface area contributed by atoms with Gasteiger partial charge in [0.15, 0.2) is 5.78 Å². The lowest BCUT2D eigenvalue weighted by molar-refractivity contribution is -0.128. The minimum absolute atomic E-state index is 0.0231. The van der Waals surface area contributed by atoms with Crippen molar-refractivity contribution in [2.24, 2.45) is 5.92 Å². The largest absolute Gasteiger partial charge is 0.309 e. The Kier molecular flexibility index (Phi) is 1.62. The van der Waals surface area contributed by atoms with Gasteiger partial charge in [-0.2, -0.15) is 0 Å². The highest BCUT2D eigenvalue weighted by molar-refractivity contribution is 6.03. The number of rotatable bonds is 1. The van der Waals surface area contributed by atoms with Crippen LogP contribution in [0.5, 0.6) is 0 Å². The van der Waals surface area contributed by atoms with Gasteiger partial charge < -0.3 is 5.32 Å². The zero-order chi connectivity index (χ0) is 6.85. The number of carbonyl (C=O) groups excluding carboxylic acids is 2. The lowest BCUT2D eigenvalue weighted by atomic mass is 10.0. The number of Topliss-reactive ketones (excluding diaryl/α,β-unsaturated/α-hetero) is 2. The molecule has 1 heterocycles. The molecule has 1 fully saturated rings. The smallest absolute Gasteiger partial charge is 0.158 e. The molecule has 0 spiro atoms. The highest BCUT2D eigenvalue weighted by Gasteiger charge is 2.27. The first-order chi connectivity index (χ1) is 4.22. The number of nitrogens with one attached hydrogen (secondary N) is 1. The van der Waals surface area contributed by atoms with Crippen molar-refractivity contribution < 1.29 is 9.59 Å². The fraction of sp³-hybridized carbons (Fsp3) is 0.667. The van der Waals surface area contributed by atoms with Gasteiger partial charge in [-0.05, 0) is 6.92 Å². The van der Waals surface area contributed by atoms with Gasteiger partial charge in [-0.15, -0.1) is 0 Å². The van der Waals surface area contributed by atoms with Crippen LogP contribution in [0.4, 0.5) is 0 Å². The Morgan fingerprint density at radius 3 is 2.67 bits per heavy atom. The zero-order valence-electron chi connectivity index (χ0n) is 5.31. The average Bonchev–Trinajstić information content (AvgIpc) is 2.13. The van der Waals surface area contributed by atoms with Gasteiger partial charge >= 0.3 is 0 Å². The minimum Gasteiger partial charge on any atom is -0.309 e. The standard InChI is InChI=1S/C6H9NO2/c1-4(8)5-2-7-3-6(5)9/h5,7H,2-3H2,1H3. The van der Waals surface area contributed by atoms with Crippen molar-refractivity contribution in [3.8, 4) is 0 Å². The molecular weight excluding hydrogens is 118 g/mol. The Bertz CT molecular complexity index is 153. The maximum absolute atomic E-state index is 10.7. The van der Waals surface area contributed by atoms with E-state index in [2.05, 4.69) is 5.32 Å². The van der Waals surface area contributed by atoms with E-state index >= 15 is 0 Å². The third-order valence-electron chi connectivity index (χ3n) is 1.53. The second-order valence-corrected chi connectivity index (χ2v) is 2.26. The SMILES string of the molecule is CC(=O)C1CNCC1=O. The molecule has 50 valence electrons. The number of ketones is 2. The molecule has 1 rings (SSSR count). The van der Waals surface area contributed by atoms with Gasteiger partial charge in [0.05, 0.1) is 12.5 Å². The molecule has 1 atom stereocenters. The summed E-state index contributed by atoms with van der Waals surface area (Å²) in [5, 5.41) is 2.83. The molecule has 3 nitrogen and oxygen atoms in total. The molecule has 1 unspecified atom stereocenters. The molecule has 0 aromatic heterocycles. The first kappa shape index (κ1) is 6.42. The van der Waals surface area contributed by atoms with Crippen molar-refractivity contribution in [3.05, 3.63) is 0 Å². The monoisotopic (exact) mass is 127 g/mol. The topological polar surface area (TPSA) is 46.2 Å². The van der Waals surface area contributed by atoms with E-state index in [1.54, 1.807) is 0 Å². The molecule has 0 saturated carbocycles. The van der Waals surface area contributed by atoms with Crippen LogP contribution in [0.2, 0.25) is 0 Å². The first-order valence-corrected chi connectivity index (χ1v) is 2.95. The quantitative estimate of drug-likeness (QED) is 0.477. The van der Waals surface area contributed by atoms with Crippen molar-refractivity contribution in [1.82, 2.24) is 5.32 Å². The van der Waals surface area contributed by atoms with Crippen molar-refractivity contribution in [1.29, 1.82) is 0 Å². The van der Waals surface area contributed by atoms with E-state index in [-0.39, 0.29) is 17.5 Å². The van der Waals surface area contributed by atoms with Gasteiger partial charge in [0, 0.05) is 6.54 Å². The van der Waals surface area contributed by atoms with E-state index in [0.717, 1.165) is 0 Å². The Morgan fingerprint density at radius 1 is 1.78 bits per heavy atom. The van der Waals surface area contributed by atoms with E-state index in [1.807, 2.05) is 0 Å². The van der Waals surface area contributed by atoms with E-state index in [1.165, 1.54) is 6.92 Å². The summed E-state index contributed by atoms with van der Waals surface area (Å²) in [5.74, 6) is -0.350. The van der Waals surface area contributed by atoms with Crippen LogP contribution >= 0.6 is 0 Å². The summed E-state index contributed by atoms with van der Waals surface area (Å²) in [7, 11) is 0. The van der Waals surface area contributed by atoms with Crippen LogP contribution in [-0.2, 0) is 9.59 Å². The molecule has 0 aromatic rings. The van der Waals surface area contributed by atoms with Crippen LogP contribution in [0, 0.1) is 5.92 Å². The van der Waals surface area contributed by atoms with Crippen molar-refractivity contribution in [3.63, 3.8) is 0 Å². The third kappa shape index (κ3) is 1.16. The van der Waals surface area contributed by atoms with Gasteiger partial charge in [-0.3, -0.25) is 9.59 Å². The summed E-state index contributed by atoms with van der Waals surface area (Å²) in [4.78, 5) is 21.3. The van der Waals surface area contributed by atoms with Crippen LogP contribution in [0.25, 0.3) is 0 Å². The lowest BCUT2D eigenvalue weighted by Crippen LogP contribution is -2.19. The molecule has 1 aliphatic heterocycles. The molecule has 0 bridgehead atoms. The van der Waals surface area contributed by atoms with Crippen molar-refractivity contribution >= 4 is 11.6 Å². The second-order valence-electron chi connectivity index (χ2n) is 2.26. The predicted molar refractivity (Wildman–Crippen MR) is 32.0 cm³/mol. The van der Waals surface area contributed by atoms with Gasteiger partial charge in [0.2, 0.25) is 0 Å². The van der Waals surface area contributed by atoms with Gasteiger partial charge in [-0.1, -0.05) is 0 Å². The maximum Gasteiger partial charge on any atom is 0.158 e.